The van der Waals surface area contributed by atoms with Gasteiger partial charge in [-0.2, -0.15) is 0 Å². The molecule has 1 aromatic carbocycles. The van der Waals surface area contributed by atoms with Gasteiger partial charge in [-0.05, 0) is 44.4 Å². The van der Waals surface area contributed by atoms with Crippen molar-refractivity contribution in [2.24, 2.45) is 0 Å². The zero-order valence-corrected chi connectivity index (χ0v) is 14.4. The topological polar surface area (TPSA) is 66.5 Å². The van der Waals surface area contributed by atoms with Crippen LogP contribution in [0, 0.1) is 0 Å². The fourth-order valence-corrected chi connectivity index (χ4v) is 3.07. The van der Waals surface area contributed by atoms with Crippen LogP contribution in [0.3, 0.4) is 0 Å². The quantitative estimate of drug-likeness (QED) is 0.912. The zero-order chi connectivity index (χ0) is 16.3. The van der Waals surface area contributed by atoms with Crippen LogP contribution < -0.4 is 10.2 Å². The number of hydrogen-bond acceptors (Lipinski definition) is 4. The van der Waals surface area contributed by atoms with Gasteiger partial charge in [0.15, 0.2) is 9.84 Å². The normalized spacial score (nSPS) is 17.1. The summed E-state index contributed by atoms with van der Waals surface area (Å²) < 4.78 is 23.0. The van der Waals surface area contributed by atoms with Gasteiger partial charge < -0.3 is 10.2 Å². The Kier molecular flexibility index (Phi) is 5.34. The maximum atomic E-state index is 12.2. The number of carbonyl (C=O) groups excluding carboxylic acids is 1. The molecular weight excluding hydrogens is 324 g/mol. The molecule has 122 valence electrons. The van der Waals surface area contributed by atoms with Crippen LogP contribution in [-0.2, 0) is 14.6 Å². The lowest BCUT2D eigenvalue weighted by Crippen LogP contribution is -2.34. The van der Waals surface area contributed by atoms with Gasteiger partial charge in [0.05, 0.1) is 11.4 Å². The van der Waals surface area contributed by atoms with Crippen LogP contribution in [0.2, 0.25) is 5.02 Å². The maximum absolute atomic E-state index is 12.2. The van der Waals surface area contributed by atoms with E-state index in [2.05, 4.69) is 10.2 Å². The molecule has 0 radical (unpaired) electrons. The molecule has 1 atom stereocenters. The van der Waals surface area contributed by atoms with Crippen molar-refractivity contribution in [3.63, 3.8) is 0 Å². The molecular formula is C15H21ClN2O3S. The second-order valence-corrected chi connectivity index (χ2v) is 8.47. The lowest BCUT2D eigenvalue weighted by atomic mass is 10.1. The Balaban J connectivity index is 2.25. The molecule has 0 unspecified atom stereocenters. The minimum atomic E-state index is -3.43. The third-order valence-electron chi connectivity index (χ3n) is 3.92. The van der Waals surface area contributed by atoms with Crippen LogP contribution in [0.25, 0.3) is 0 Å². The molecule has 1 amide bonds. The van der Waals surface area contributed by atoms with Gasteiger partial charge in [-0.1, -0.05) is 11.6 Å². The van der Waals surface area contributed by atoms with E-state index in [9.17, 15) is 13.2 Å². The van der Waals surface area contributed by atoms with Crippen LogP contribution in [0.1, 0.15) is 26.2 Å². The molecule has 1 N–H and O–H groups in total. The summed E-state index contributed by atoms with van der Waals surface area (Å²) in [5.41, 5.74) is 1.45. The van der Waals surface area contributed by atoms with Crippen LogP contribution in [0.4, 0.5) is 11.4 Å². The molecule has 1 aliphatic heterocycles. The van der Waals surface area contributed by atoms with Gasteiger partial charge in [-0.3, -0.25) is 4.79 Å². The van der Waals surface area contributed by atoms with Crippen LogP contribution in [-0.4, -0.2) is 38.9 Å². The van der Waals surface area contributed by atoms with Crippen molar-refractivity contribution in [3.8, 4) is 0 Å². The summed E-state index contributed by atoms with van der Waals surface area (Å²) in [6, 6.07) is 5.31. The summed E-state index contributed by atoms with van der Waals surface area (Å²) in [6.07, 6.45) is 4.48. The highest BCUT2D eigenvalue weighted by atomic mass is 35.5. The molecule has 1 saturated heterocycles. The number of nitrogens with zero attached hydrogens (tertiary/aromatic N) is 1. The van der Waals surface area contributed by atoms with Crippen molar-refractivity contribution in [1.29, 1.82) is 0 Å². The van der Waals surface area contributed by atoms with Gasteiger partial charge in [-0.25, -0.2) is 8.42 Å². The van der Waals surface area contributed by atoms with Crippen molar-refractivity contribution >= 4 is 38.7 Å². The van der Waals surface area contributed by atoms with Gasteiger partial charge in [0.25, 0.3) is 0 Å². The van der Waals surface area contributed by atoms with Crippen molar-refractivity contribution in [2.75, 3.05) is 29.6 Å². The average Bonchev–Trinajstić information content (AvgIpc) is 2.46. The Morgan fingerprint density at radius 3 is 2.50 bits per heavy atom. The van der Waals surface area contributed by atoms with Crippen LogP contribution >= 0.6 is 11.6 Å². The average molecular weight is 345 g/mol. The Bertz CT molecular complexity index is 655. The summed E-state index contributed by atoms with van der Waals surface area (Å²) in [5.74, 6) is -0.539. The number of sulfone groups is 1. The van der Waals surface area contributed by atoms with E-state index in [1.807, 2.05) is 6.07 Å². The van der Waals surface area contributed by atoms with Crippen molar-refractivity contribution in [1.82, 2.24) is 0 Å². The molecule has 0 spiro atoms. The largest absolute Gasteiger partial charge is 0.370 e. The minimum absolute atomic E-state index is 0.503. The first-order valence-electron chi connectivity index (χ1n) is 7.33. The molecule has 0 aliphatic carbocycles. The van der Waals surface area contributed by atoms with E-state index in [4.69, 9.17) is 11.6 Å². The third kappa shape index (κ3) is 4.14. The predicted molar refractivity (Wildman–Crippen MR) is 90.5 cm³/mol. The third-order valence-corrected chi connectivity index (χ3v) is 5.66. The number of nitrogens with one attached hydrogen (secondary N) is 1. The lowest BCUT2D eigenvalue weighted by Gasteiger charge is -2.30. The Labute approximate surface area is 136 Å². The van der Waals surface area contributed by atoms with Crippen LogP contribution in [0.5, 0.6) is 0 Å². The molecule has 1 aromatic rings. The lowest BCUT2D eigenvalue weighted by molar-refractivity contribution is -0.115. The molecule has 1 fully saturated rings. The number of hydrogen-bond donors (Lipinski definition) is 1. The maximum Gasteiger partial charge on any atom is 0.242 e. The van der Waals surface area contributed by atoms with E-state index in [0.29, 0.717) is 10.7 Å². The van der Waals surface area contributed by atoms with E-state index in [1.165, 1.54) is 13.3 Å². The number of halogens is 1. The molecule has 7 heteroatoms. The molecule has 2 rings (SSSR count). The van der Waals surface area contributed by atoms with E-state index >= 15 is 0 Å². The number of piperidine rings is 1. The first-order valence-corrected chi connectivity index (χ1v) is 9.66. The van der Waals surface area contributed by atoms with Gasteiger partial charge >= 0.3 is 0 Å². The molecule has 0 bridgehead atoms. The number of amides is 1. The zero-order valence-electron chi connectivity index (χ0n) is 12.8. The second-order valence-electron chi connectivity index (χ2n) is 5.67. The summed E-state index contributed by atoms with van der Waals surface area (Å²) in [6.45, 7) is 3.23. The van der Waals surface area contributed by atoms with Gasteiger partial charge in [-0.15, -0.1) is 0 Å². The summed E-state index contributed by atoms with van der Waals surface area (Å²) in [4.78, 5) is 14.3. The van der Waals surface area contributed by atoms with Crippen LogP contribution in [0.15, 0.2) is 18.2 Å². The number of rotatable bonds is 4. The molecule has 0 saturated carbocycles. The molecule has 22 heavy (non-hydrogen) atoms. The van der Waals surface area contributed by atoms with E-state index in [1.54, 1.807) is 12.1 Å². The Hall–Kier alpha value is -1.27. The highest BCUT2D eigenvalue weighted by Crippen LogP contribution is 2.31. The first-order chi connectivity index (χ1) is 10.3. The predicted octanol–water partition coefficient (Wildman–Crippen LogP) is 2.70. The fourth-order valence-electron chi connectivity index (χ4n) is 2.45. The van der Waals surface area contributed by atoms with Crippen molar-refractivity contribution in [3.05, 3.63) is 23.2 Å². The monoisotopic (exact) mass is 344 g/mol. The smallest absolute Gasteiger partial charge is 0.242 e. The fraction of sp³-hybridized carbons (Fsp3) is 0.533. The molecule has 0 aromatic heterocycles. The number of anilines is 2. The number of benzene rings is 1. The minimum Gasteiger partial charge on any atom is -0.370 e. The van der Waals surface area contributed by atoms with Gasteiger partial charge in [0, 0.05) is 24.4 Å². The van der Waals surface area contributed by atoms with E-state index < -0.39 is 21.0 Å². The standard InChI is InChI=1S/C15H21ClN2O3S/c1-11(22(2,20)21)15(19)17-13-10-12(16)6-7-14(13)18-8-4-3-5-9-18/h6-7,10-11H,3-5,8-9H2,1-2H3,(H,17,19)/t11-/m1/s1. The molecule has 1 aliphatic rings. The van der Waals surface area contributed by atoms with Crippen molar-refractivity contribution in [2.45, 2.75) is 31.4 Å². The van der Waals surface area contributed by atoms with Gasteiger partial charge in [0.1, 0.15) is 5.25 Å². The second kappa shape index (κ2) is 6.87. The first kappa shape index (κ1) is 17.1. The Morgan fingerprint density at radius 1 is 1.27 bits per heavy atom. The van der Waals surface area contributed by atoms with Gasteiger partial charge in [0.2, 0.25) is 5.91 Å². The highest BCUT2D eigenvalue weighted by molar-refractivity contribution is 7.92. The molecule has 5 nitrogen and oxygen atoms in total. The Morgan fingerprint density at radius 2 is 1.91 bits per heavy atom. The van der Waals surface area contributed by atoms with E-state index in [-0.39, 0.29) is 0 Å². The van der Waals surface area contributed by atoms with E-state index in [0.717, 1.165) is 37.9 Å². The highest BCUT2D eigenvalue weighted by Gasteiger charge is 2.25. The summed E-state index contributed by atoms with van der Waals surface area (Å²) >= 11 is 6.02. The van der Waals surface area contributed by atoms with Crippen molar-refractivity contribution < 1.29 is 13.2 Å². The summed E-state index contributed by atoms with van der Waals surface area (Å²) in [5, 5.41) is 2.12. The SMILES string of the molecule is C[C@H](C(=O)Nc1cc(Cl)ccc1N1CCCCC1)S(C)(=O)=O. The number of carbonyl (C=O) groups is 1. The summed E-state index contributed by atoms with van der Waals surface area (Å²) in [7, 11) is -3.43. The molecule has 1 heterocycles.